The first-order chi connectivity index (χ1) is 13.7. The summed E-state index contributed by atoms with van der Waals surface area (Å²) in [5.41, 5.74) is 0.795. The van der Waals surface area contributed by atoms with Gasteiger partial charge in [0, 0.05) is 11.8 Å². The summed E-state index contributed by atoms with van der Waals surface area (Å²) in [6.45, 7) is 4.10. The van der Waals surface area contributed by atoms with Crippen LogP contribution in [0.3, 0.4) is 0 Å². The van der Waals surface area contributed by atoms with Gasteiger partial charge in [-0.2, -0.15) is 0 Å². The predicted molar refractivity (Wildman–Crippen MR) is 116 cm³/mol. The van der Waals surface area contributed by atoms with Gasteiger partial charge in [-0.3, -0.25) is 9.10 Å². The highest BCUT2D eigenvalue weighted by atomic mass is 35.5. The first-order valence-electron chi connectivity index (χ1n) is 9.07. The highest BCUT2D eigenvalue weighted by Crippen LogP contribution is 2.32. The van der Waals surface area contributed by atoms with Gasteiger partial charge in [-0.05, 0) is 43.7 Å². The lowest BCUT2D eigenvalue weighted by atomic mass is 10.1. The molecule has 1 amide bonds. The highest BCUT2D eigenvalue weighted by Gasteiger charge is 2.32. The molecule has 7 nitrogen and oxygen atoms in total. The molecule has 2 aromatic carbocycles. The standard InChI is InChI=1S/C20H25ClN2O5S/c1-5-18(20(24)22-14-8-7-9-16(12-14)28-6-2)23(29(4,25)26)15-10-11-19(27-3)17(21)13-15/h7-13,18H,5-6H2,1-4H3,(H,22,24)/t18-/m1/s1. The van der Waals surface area contributed by atoms with Crippen LogP contribution in [0.25, 0.3) is 0 Å². The fraction of sp³-hybridized carbons (Fsp3) is 0.350. The van der Waals surface area contributed by atoms with E-state index in [1.54, 1.807) is 43.3 Å². The largest absolute Gasteiger partial charge is 0.495 e. The predicted octanol–water partition coefficient (Wildman–Crippen LogP) is 3.93. The summed E-state index contributed by atoms with van der Waals surface area (Å²) in [7, 11) is -2.31. The first kappa shape index (κ1) is 22.8. The highest BCUT2D eigenvalue weighted by molar-refractivity contribution is 7.92. The molecular formula is C20H25ClN2O5S. The molecule has 0 saturated heterocycles. The molecule has 0 radical (unpaired) electrons. The van der Waals surface area contributed by atoms with Crippen molar-refractivity contribution >= 4 is 38.9 Å². The Morgan fingerprint density at radius 3 is 2.48 bits per heavy atom. The number of anilines is 2. The van der Waals surface area contributed by atoms with Gasteiger partial charge in [0.05, 0.1) is 30.7 Å². The maximum atomic E-state index is 13.0. The number of rotatable bonds is 9. The van der Waals surface area contributed by atoms with Crippen molar-refractivity contribution in [3.63, 3.8) is 0 Å². The molecule has 29 heavy (non-hydrogen) atoms. The quantitative estimate of drug-likeness (QED) is 0.638. The Bertz CT molecular complexity index is 965. The minimum absolute atomic E-state index is 0.248. The average Bonchev–Trinajstić information content (AvgIpc) is 2.65. The summed E-state index contributed by atoms with van der Waals surface area (Å²) in [5.74, 6) is 0.563. The van der Waals surface area contributed by atoms with Gasteiger partial charge in [-0.1, -0.05) is 24.6 Å². The van der Waals surface area contributed by atoms with Gasteiger partial charge in [0.15, 0.2) is 0 Å². The molecule has 0 aliphatic rings. The molecule has 0 aliphatic carbocycles. The molecule has 2 rings (SSSR count). The second-order valence-electron chi connectivity index (χ2n) is 6.25. The number of carbonyl (C=O) groups excluding carboxylic acids is 1. The summed E-state index contributed by atoms with van der Waals surface area (Å²) in [5, 5.41) is 3.02. The topological polar surface area (TPSA) is 84.9 Å². The minimum atomic E-state index is -3.77. The summed E-state index contributed by atoms with van der Waals surface area (Å²) < 4.78 is 36.7. The summed E-state index contributed by atoms with van der Waals surface area (Å²) >= 11 is 6.17. The maximum absolute atomic E-state index is 13.0. The van der Waals surface area contributed by atoms with Crippen LogP contribution >= 0.6 is 11.6 Å². The van der Waals surface area contributed by atoms with Crippen molar-refractivity contribution in [2.24, 2.45) is 0 Å². The zero-order valence-corrected chi connectivity index (χ0v) is 18.4. The van der Waals surface area contributed by atoms with E-state index in [1.807, 2.05) is 6.92 Å². The van der Waals surface area contributed by atoms with E-state index < -0.39 is 22.0 Å². The van der Waals surface area contributed by atoms with Crippen molar-refractivity contribution in [2.75, 3.05) is 29.6 Å². The van der Waals surface area contributed by atoms with Crippen molar-refractivity contribution in [3.8, 4) is 11.5 Å². The van der Waals surface area contributed by atoms with Crippen LogP contribution in [0, 0.1) is 0 Å². The van der Waals surface area contributed by atoms with Crippen LogP contribution in [-0.4, -0.2) is 40.3 Å². The zero-order valence-electron chi connectivity index (χ0n) is 16.8. The Labute approximate surface area is 176 Å². The number of nitrogens with zero attached hydrogens (tertiary/aromatic N) is 1. The Kier molecular flexibility index (Phi) is 7.75. The summed E-state index contributed by atoms with van der Waals surface area (Å²) in [6, 6.07) is 10.5. The first-order valence-corrected chi connectivity index (χ1v) is 11.3. The third-order valence-electron chi connectivity index (χ3n) is 4.13. The van der Waals surface area contributed by atoms with E-state index in [4.69, 9.17) is 21.1 Å². The summed E-state index contributed by atoms with van der Waals surface area (Å²) in [6.07, 6.45) is 1.31. The number of methoxy groups -OCH3 is 1. The van der Waals surface area contributed by atoms with Gasteiger partial charge in [0.25, 0.3) is 0 Å². The number of amides is 1. The van der Waals surface area contributed by atoms with Gasteiger partial charge < -0.3 is 14.8 Å². The van der Waals surface area contributed by atoms with Gasteiger partial charge in [-0.15, -0.1) is 0 Å². The lowest BCUT2D eigenvalue weighted by Gasteiger charge is -2.30. The number of hydrogen-bond acceptors (Lipinski definition) is 5. The lowest BCUT2D eigenvalue weighted by molar-refractivity contribution is -0.117. The van der Waals surface area contributed by atoms with E-state index in [0.29, 0.717) is 23.8 Å². The monoisotopic (exact) mass is 440 g/mol. The molecular weight excluding hydrogens is 416 g/mol. The Morgan fingerprint density at radius 2 is 1.93 bits per heavy atom. The molecule has 0 bridgehead atoms. The van der Waals surface area contributed by atoms with Crippen LogP contribution in [0.4, 0.5) is 11.4 Å². The van der Waals surface area contributed by atoms with Crippen LogP contribution in [0.1, 0.15) is 20.3 Å². The third-order valence-corrected chi connectivity index (χ3v) is 5.61. The normalized spacial score (nSPS) is 12.2. The Hall–Kier alpha value is -2.45. The van der Waals surface area contributed by atoms with Crippen LogP contribution < -0.4 is 19.1 Å². The fourth-order valence-corrected chi connectivity index (χ4v) is 4.36. The number of halogens is 1. The van der Waals surface area contributed by atoms with E-state index in [1.165, 1.54) is 13.2 Å². The van der Waals surface area contributed by atoms with Gasteiger partial charge in [0.1, 0.15) is 17.5 Å². The van der Waals surface area contributed by atoms with Crippen LogP contribution in [0.15, 0.2) is 42.5 Å². The number of sulfonamides is 1. The van der Waals surface area contributed by atoms with Gasteiger partial charge in [-0.25, -0.2) is 8.42 Å². The SMILES string of the molecule is CCOc1cccc(NC(=O)[C@@H](CC)N(c2ccc(OC)c(Cl)c2)S(C)(=O)=O)c1. The van der Waals surface area contributed by atoms with Crippen molar-refractivity contribution in [1.29, 1.82) is 0 Å². The van der Waals surface area contributed by atoms with Gasteiger partial charge >= 0.3 is 0 Å². The molecule has 9 heteroatoms. The van der Waals surface area contributed by atoms with E-state index >= 15 is 0 Å². The third kappa shape index (κ3) is 5.77. The molecule has 1 N–H and O–H groups in total. The van der Waals surface area contributed by atoms with E-state index in [9.17, 15) is 13.2 Å². The lowest BCUT2D eigenvalue weighted by Crippen LogP contribution is -2.47. The van der Waals surface area contributed by atoms with E-state index in [2.05, 4.69) is 5.32 Å². The smallest absolute Gasteiger partial charge is 0.248 e. The van der Waals surface area contributed by atoms with Crippen LogP contribution in [0.2, 0.25) is 5.02 Å². The van der Waals surface area contributed by atoms with Crippen molar-refractivity contribution < 1.29 is 22.7 Å². The number of carbonyl (C=O) groups is 1. The van der Waals surface area contributed by atoms with Crippen molar-refractivity contribution in [2.45, 2.75) is 26.3 Å². The molecule has 1 atom stereocenters. The molecule has 2 aromatic rings. The maximum Gasteiger partial charge on any atom is 0.248 e. The number of hydrogen-bond donors (Lipinski definition) is 1. The second kappa shape index (κ2) is 9.84. The molecule has 0 heterocycles. The van der Waals surface area contributed by atoms with Crippen molar-refractivity contribution in [3.05, 3.63) is 47.5 Å². The van der Waals surface area contributed by atoms with Gasteiger partial charge in [0.2, 0.25) is 15.9 Å². The molecule has 0 fully saturated rings. The fourth-order valence-electron chi connectivity index (χ4n) is 2.91. The zero-order chi connectivity index (χ0) is 21.6. The molecule has 158 valence electrons. The van der Waals surface area contributed by atoms with E-state index in [-0.39, 0.29) is 17.1 Å². The number of benzene rings is 2. The Morgan fingerprint density at radius 1 is 1.21 bits per heavy atom. The number of ether oxygens (including phenoxy) is 2. The molecule has 0 spiro atoms. The Balaban J connectivity index is 2.37. The molecule has 0 unspecified atom stereocenters. The molecule has 0 aromatic heterocycles. The van der Waals surface area contributed by atoms with Crippen LogP contribution in [0.5, 0.6) is 11.5 Å². The molecule has 0 aliphatic heterocycles. The minimum Gasteiger partial charge on any atom is -0.495 e. The van der Waals surface area contributed by atoms with Crippen molar-refractivity contribution in [1.82, 2.24) is 0 Å². The van der Waals surface area contributed by atoms with Crippen LogP contribution in [-0.2, 0) is 14.8 Å². The summed E-state index contributed by atoms with van der Waals surface area (Å²) in [4.78, 5) is 13.0. The molecule has 0 saturated carbocycles. The second-order valence-corrected chi connectivity index (χ2v) is 8.52. The van der Waals surface area contributed by atoms with E-state index in [0.717, 1.165) is 10.6 Å². The number of nitrogens with one attached hydrogen (secondary N) is 1. The average molecular weight is 441 g/mol.